The van der Waals surface area contributed by atoms with Crippen LogP contribution in [0.25, 0.3) is 5.76 Å². The molecule has 1 amide bonds. The van der Waals surface area contributed by atoms with E-state index in [9.17, 15) is 19.1 Å². The number of aliphatic hydroxyl groups excluding tert-OH is 1. The Morgan fingerprint density at radius 2 is 1.78 bits per heavy atom. The zero-order valence-corrected chi connectivity index (χ0v) is 20.5. The summed E-state index contributed by atoms with van der Waals surface area (Å²) in [7, 11) is 1.51. The molecule has 4 rings (SSSR count). The Balaban J connectivity index is 1.73. The van der Waals surface area contributed by atoms with Crippen LogP contribution in [0.2, 0.25) is 0 Å². The summed E-state index contributed by atoms with van der Waals surface area (Å²) < 4.78 is 25.0. The number of ketones is 1. The molecule has 1 atom stereocenters. The molecule has 1 heterocycles. The highest BCUT2D eigenvalue weighted by atomic mass is 19.1. The van der Waals surface area contributed by atoms with E-state index in [4.69, 9.17) is 9.47 Å². The van der Waals surface area contributed by atoms with Crippen molar-refractivity contribution in [2.45, 2.75) is 26.5 Å². The summed E-state index contributed by atoms with van der Waals surface area (Å²) in [5, 5.41) is 11.1. The fourth-order valence-corrected chi connectivity index (χ4v) is 4.22. The summed E-state index contributed by atoms with van der Waals surface area (Å²) >= 11 is 0. The smallest absolute Gasteiger partial charge is 0.295 e. The summed E-state index contributed by atoms with van der Waals surface area (Å²) in [5.74, 6) is -1.76. The highest BCUT2D eigenvalue weighted by Crippen LogP contribution is 2.40. The predicted octanol–water partition coefficient (Wildman–Crippen LogP) is 5.09. The molecule has 0 aliphatic carbocycles. The molecule has 1 aliphatic rings. The maximum atomic E-state index is 13.8. The van der Waals surface area contributed by atoms with Crippen molar-refractivity contribution in [1.29, 1.82) is 0 Å². The van der Waals surface area contributed by atoms with Gasteiger partial charge in [0, 0.05) is 19.2 Å². The van der Waals surface area contributed by atoms with Gasteiger partial charge in [-0.1, -0.05) is 42.0 Å². The number of ether oxygens (including phenoxy) is 2. The van der Waals surface area contributed by atoms with Crippen molar-refractivity contribution >= 4 is 17.4 Å². The van der Waals surface area contributed by atoms with Gasteiger partial charge >= 0.3 is 0 Å². The molecule has 36 heavy (non-hydrogen) atoms. The van der Waals surface area contributed by atoms with Crippen LogP contribution in [0, 0.1) is 19.7 Å². The second kappa shape index (κ2) is 10.7. The molecule has 6 nitrogen and oxygen atoms in total. The van der Waals surface area contributed by atoms with Crippen molar-refractivity contribution in [2.75, 3.05) is 20.3 Å². The summed E-state index contributed by atoms with van der Waals surface area (Å²) in [6, 6.07) is 18.3. The number of carbonyl (C=O) groups is 2. The van der Waals surface area contributed by atoms with Crippen molar-refractivity contribution < 1.29 is 28.6 Å². The van der Waals surface area contributed by atoms with E-state index in [1.165, 1.54) is 30.2 Å². The lowest BCUT2D eigenvalue weighted by molar-refractivity contribution is -0.140. The molecule has 0 saturated carbocycles. The van der Waals surface area contributed by atoms with Crippen molar-refractivity contribution in [1.82, 2.24) is 4.90 Å². The molecule has 0 aromatic heterocycles. The molecule has 0 spiro atoms. The van der Waals surface area contributed by atoms with Crippen LogP contribution in [0.5, 0.6) is 5.75 Å². The van der Waals surface area contributed by atoms with E-state index in [1.807, 2.05) is 31.2 Å². The summed E-state index contributed by atoms with van der Waals surface area (Å²) in [6.45, 7) is 4.29. The normalized spacial score (nSPS) is 17.0. The van der Waals surface area contributed by atoms with Crippen LogP contribution in [0.3, 0.4) is 0 Å². The Labute approximate surface area is 209 Å². The number of halogens is 1. The van der Waals surface area contributed by atoms with Crippen molar-refractivity contribution in [3.63, 3.8) is 0 Å². The van der Waals surface area contributed by atoms with Crippen LogP contribution in [0.15, 0.2) is 72.3 Å². The molecule has 0 radical (unpaired) electrons. The summed E-state index contributed by atoms with van der Waals surface area (Å²) in [4.78, 5) is 27.4. The Morgan fingerprint density at radius 1 is 1.03 bits per heavy atom. The third-order valence-electron chi connectivity index (χ3n) is 6.21. The molecule has 7 heteroatoms. The second-order valence-corrected chi connectivity index (χ2v) is 8.80. The number of likely N-dealkylation sites (tertiary alicyclic amines) is 1. The van der Waals surface area contributed by atoms with Gasteiger partial charge in [-0.25, -0.2) is 4.39 Å². The summed E-state index contributed by atoms with van der Waals surface area (Å²) in [6.07, 6.45) is 0. The van der Waals surface area contributed by atoms with E-state index in [0.717, 1.165) is 11.1 Å². The number of aliphatic hydroxyl groups is 1. The SMILES string of the molecule is COCCN1C(=O)C(=O)/C(=C(\O)c2ccc(F)c(C)c2)C1c1cccc(OCc2ccc(C)cc2)c1. The number of benzene rings is 3. The Hall–Kier alpha value is -3.97. The second-order valence-electron chi connectivity index (χ2n) is 8.80. The van der Waals surface area contributed by atoms with Gasteiger partial charge in [0.1, 0.15) is 23.9 Å². The molecule has 1 fully saturated rings. The minimum absolute atomic E-state index is 0.0576. The van der Waals surface area contributed by atoms with E-state index >= 15 is 0 Å². The van der Waals surface area contributed by atoms with E-state index in [1.54, 1.807) is 31.2 Å². The molecule has 3 aromatic rings. The molecule has 1 aliphatic heterocycles. The molecule has 3 aromatic carbocycles. The van der Waals surface area contributed by atoms with Gasteiger partial charge in [0.15, 0.2) is 0 Å². The third-order valence-corrected chi connectivity index (χ3v) is 6.21. The van der Waals surface area contributed by atoms with Gasteiger partial charge in [-0.05, 0) is 60.9 Å². The van der Waals surface area contributed by atoms with Gasteiger partial charge in [-0.15, -0.1) is 0 Å². The fraction of sp³-hybridized carbons (Fsp3) is 0.241. The first-order chi connectivity index (χ1) is 17.3. The van der Waals surface area contributed by atoms with Gasteiger partial charge < -0.3 is 19.5 Å². The first-order valence-corrected chi connectivity index (χ1v) is 11.6. The van der Waals surface area contributed by atoms with E-state index < -0.39 is 23.5 Å². The Kier molecular flexibility index (Phi) is 7.50. The molecular formula is C29H28FNO5. The number of amides is 1. The van der Waals surface area contributed by atoms with Crippen LogP contribution in [-0.4, -0.2) is 42.0 Å². The van der Waals surface area contributed by atoms with Crippen molar-refractivity contribution in [3.8, 4) is 5.75 Å². The first-order valence-electron chi connectivity index (χ1n) is 11.6. The average molecular weight is 490 g/mol. The van der Waals surface area contributed by atoms with E-state index in [-0.39, 0.29) is 30.0 Å². The molecule has 1 N–H and O–H groups in total. The standard InChI is InChI=1S/C29H28FNO5/c1-18-7-9-20(10-8-18)17-36-23-6-4-5-21(16-23)26-25(28(33)29(34)31(26)13-14-35-3)27(32)22-11-12-24(30)19(2)15-22/h4-12,15-16,26,32H,13-14,17H2,1-3H3/b27-25-. The maximum Gasteiger partial charge on any atom is 0.295 e. The first kappa shape index (κ1) is 25.1. The highest BCUT2D eigenvalue weighted by Gasteiger charge is 2.46. The lowest BCUT2D eigenvalue weighted by Crippen LogP contribution is -2.32. The van der Waals surface area contributed by atoms with E-state index in [0.29, 0.717) is 23.5 Å². The highest BCUT2D eigenvalue weighted by molar-refractivity contribution is 6.46. The number of methoxy groups -OCH3 is 1. The number of nitrogens with zero attached hydrogens (tertiary/aromatic N) is 1. The van der Waals surface area contributed by atoms with Crippen LogP contribution in [0.1, 0.15) is 33.9 Å². The quantitative estimate of drug-likeness (QED) is 0.271. The van der Waals surface area contributed by atoms with Crippen molar-refractivity contribution in [3.05, 3.63) is 106 Å². The number of aryl methyl sites for hydroxylation is 2. The Morgan fingerprint density at radius 3 is 2.47 bits per heavy atom. The zero-order valence-electron chi connectivity index (χ0n) is 20.5. The lowest BCUT2D eigenvalue weighted by Gasteiger charge is -2.25. The fourth-order valence-electron chi connectivity index (χ4n) is 4.22. The van der Waals surface area contributed by atoms with Gasteiger partial charge in [0.2, 0.25) is 0 Å². The maximum absolute atomic E-state index is 13.8. The third kappa shape index (κ3) is 5.16. The monoisotopic (exact) mass is 489 g/mol. The largest absolute Gasteiger partial charge is 0.507 e. The van der Waals surface area contributed by atoms with Gasteiger partial charge in [0.05, 0.1) is 18.2 Å². The van der Waals surface area contributed by atoms with E-state index in [2.05, 4.69) is 0 Å². The molecule has 0 bridgehead atoms. The number of rotatable bonds is 8. The van der Waals surface area contributed by atoms with Crippen LogP contribution >= 0.6 is 0 Å². The number of carbonyl (C=O) groups excluding carboxylic acids is 2. The molecule has 186 valence electrons. The zero-order chi connectivity index (χ0) is 25.8. The number of Topliss-reactive ketones (excluding diaryl/α,β-unsaturated/α-hetero) is 1. The minimum atomic E-state index is -0.853. The predicted molar refractivity (Wildman–Crippen MR) is 134 cm³/mol. The van der Waals surface area contributed by atoms with Crippen LogP contribution < -0.4 is 4.74 Å². The molecule has 1 unspecified atom stereocenters. The minimum Gasteiger partial charge on any atom is -0.507 e. The van der Waals surface area contributed by atoms with Gasteiger partial charge in [0.25, 0.3) is 11.7 Å². The molecular weight excluding hydrogens is 461 g/mol. The Bertz CT molecular complexity index is 1320. The van der Waals surface area contributed by atoms with Crippen molar-refractivity contribution in [2.24, 2.45) is 0 Å². The molecule has 1 saturated heterocycles. The van der Waals surface area contributed by atoms with Gasteiger partial charge in [-0.2, -0.15) is 0 Å². The van der Waals surface area contributed by atoms with Gasteiger partial charge in [-0.3, -0.25) is 9.59 Å². The lowest BCUT2D eigenvalue weighted by atomic mass is 9.94. The summed E-state index contributed by atoms with van der Waals surface area (Å²) in [5.41, 5.74) is 3.28. The number of hydrogen-bond acceptors (Lipinski definition) is 5. The van der Waals surface area contributed by atoms with Crippen LogP contribution in [-0.2, 0) is 20.9 Å². The average Bonchev–Trinajstić information content (AvgIpc) is 3.13. The van der Waals surface area contributed by atoms with Crippen LogP contribution in [0.4, 0.5) is 4.39 Å². The topological polar surface area (TPSA) is 76.1 Å². The number of hydrogen-bond donors (Lipinski definition) is 1.